The fourth-order valence-corrected chi connectivity index (χ4v) is 6.66. The monoisotopic (exact) mass is 582 g/mol. The van der Waals surface area contributed by atoms with Crippen LogP contribution in [0, 0.1) is 16.0 Å². The normalized spacial score (nSPS) is 15.5. The van der Waals surface area contributed by atoms with Crippen molar-refractivity contribution in [2.45, 2.75) is 24.2 Å². The smallest absolute Gasteiger partial charge is 0.269 e. The Hall–Kier alpha value is -4.97. The number of fused-ring (bicyclic) bond motifs is 1. The summed E-state index contributed by atoms with van der Waals surface area (Å²) in [4.78, 5) is 38.8. The van der Waals surface area contributed by atoms with Crippen molar-refractivity contribution in [2.75, 3.05) is 13.1 Å². The van der Waals surface area contributed by atoms with E-state index in [1.807, 2.05) is 12.1 Å². The Morgan fingerprint density at radius 3 is 2.55 bits per heavy atom. The molecule has 1 aliphatic rings. The highest BCUT2D eigenvalue weighted by Gasteiger charge is 2.26. The van der Waals surface area contributed by atoms with E-state index < -0.39 is 14.9 Å². The molecule has 5 aromatic rings. The first-order chi connectivity index (χ1) is 20.3. The average Bonchev–Trinajstić information content (AvgIpc) is 3.46. The second kappa shape index (κ2) is 11.1. The molecule has 12 heteroatoms. The Kier molecular flexibility index (Phi) is 7.21. The van der Waals surface area contributed by atoms with Crippen LogP contribution in [0.4, 0.5) is 5.69 Å². The molecule has 1 fully saturated rings. The number of amides is 1. The van der Waals surface area contributed by atoms with Crippen molar-refractivity contribution in [3.8, 4) is 11.3 Å². The van der Waals surface area contributed by atoms with Crippen molar-refractivity contribution in [3.63, 3.8) is 0 Å². The number of non-ortho nitro benzene ring substituents is 1. The van der Waals surface area contributed by atoms with Crippen molar-refractivity contribution in [1.82, 2.24) is 23.8 Å². The molecule has 1 amide bonds. The minimum Gasteiger partial charge on any atom is -0.338 e. The third-order valence-electron chi connectivity index (χ3n) is 7.44. The van der Waals surface area contributed by atoms with E-state index in [1.54, 1.807) is 47.5 Å². The summed E-state index contributed by atoms with van der Waals surface area (Å²) in [6.45, 7) is 1.19. The molecule has 0 radical (unpaired) electrons. The summed E-state index contributed by atoms with van der Waals surface area (Å²) in [6, 6.07) is 19.4. The highest BCUT2D eigenvalue weighted by atomic mass is 32.2. The minimum absolute atomic E-state index is 0.0493. The maximum absolute atomic E-state index is 13.1. The van der Waals surface area contributed by atoms with E-state index in [1.165, 1.54) is 40.8 Å². The van der Waals surface area contributed by atoms with Crippen molar-refractivity contribution in [1.29, 1.82) is 0 Å². The maximum atomic E-state index is 13.1. The van der Waals surface area contributed by atoms with Crippen molar-refractivity contribution < 1.29 is 18.1 Å². The molecule has 0 bridgehead atoms. The first-order valence-corrected chi connectivity index (χ1v) is 14.9. The van der Waals surface area contributed by atoms with Gasteiger partial charge in [-0.05, 0) is 67.6 Å². The molecule has 0 saturated carbocycles. The molecule has 0 aliphatic carbocycles. The lowest BCUT2D eigenvalue weighted by Crippen LogP contribution is -2.40. The van der Waals surface area contributed by atoms with Gasteiger partial charge in [0, 0.05) is 59.8 Å². The molecule has 0 N–H and O–H groups in total. The van der Waals surface area contributed by atoms with Gasteiger partial charge in [-0.1, -0.05) is 18.2 Å². The van der Waals surface area contributed by atoms with Crippen LogP contribution in [0.25, 0.3) is 22.3 Å². The van der Waals surface area contributed by atoms with Crippen LogP contribution in [0.3, 0.4) is 0 Å². The summed E-state index contributed by atoms with van der Waals surface area (Å²) in [5, 5.41) is 11.6. The molecule has 2 aromatic carbocycles. The molecule has 1 saturated heterocycles. The van der Waals surface area contributed by atoms with Gasteiger partial charge in [0.25, 0.3) is 21.6 Å². The summed E-state index contributed by atoms with van der Waals surface area (Å²) in [5.41, 5.74) is 2.95. The van der Waals surface area contributed by atoms with Crippen LogP contribution < -0.4 is 0 Å². The molecule has 0 spiro atoms. The number of aromatic nitrogens is 4. The summed E-state index contributed by atoms with van der Waals surface area (Å²) < 4.78 is 27.4. The van der Waals surface area contributed by atoms with Gasteiger partial charge in [-0.2, -0.15) is 0 Å². The van der Waals surface area contributed by atoms with E-state index in [-0.39, 0.29) is 22.4 Å². The average molecular weight is 583 g/mol. The highest BCUT2D eigenvalue weighted by Crippen LogP contribution is 2.27. The lowest BCUT2D eigenvalue weighted by molar-refractivity contribution is -0.384. The van der Waals surface area contributed by atoms with E-state index in [4.69, 9.17) is 0 Å². The number of nitrogens with zero attached hydrogens (tertiary/aromatic N) is 6. The number of nitro groups is 1. The second-order valence-electron chi connectivity index (χ2n) is 10.2. The van der Waals surface area contributed by atoms with Crippen LogP contribution in [-0.4, -0.2) is 56.2 Å². The molecule has 11 nitrogen and oxygen atoms in total. The van der Waals surface area contributed by atoms with Gasteiger partial charge in [0.15, 0.2) is 5.65 Å². The zero-order valence-electron chi connectivity index (χ0n) is 22.4. The molecular formula is C30H26N6O5S. The minimum atomic E-state index is -3.78. The van der Waals surface area contributed by atoms with Crippen molar-refractivity contribution in [2.24, 2.45) is 5.92 Å². The lowest BCUT2D eigenvalue weighted by atomic mass is 9.92. The number of likely N-dealkylation sites (tertiary alicyclic amines) is 1. The van der Waals surface area contributed by atoms with Crippen LogP contribution >= 0.6 is 0 Å². The Balaban J connectivity index is 1.18. The maximum Gasteiger partial charge on any atom is 0.269 e. The third-order valence-corrected chi connectivity index (χ3v) is 9.12. The van der Waals surface area contributed by atoms with E-state index in [0.717, 1.165) is 24.1 Å². The fourth-order valence-electron chi connectivity index (χ4n) is 5.33. The number of carbonyl (C=O) groups is 1. The molecule has 4 heterocycles. The quantitative estimate of drug-likeness (QED) is 0.198. The molecule has 42 heavy (non-hydrogen) atoms. The van der Waals surface area contributed by atoms with Gasteiger partial charge < -0.3 is 4.90 Å². The Morgan fingerprint density at radius 1 is 1.00 bits per heavy atom. The van der Waals surface area contributed by atoms with Gasteiger partial charge in [0.05, 0.1) is 15.5 Å². The molecule has 1 aliphatic heterocycles. The van der Waals surface area contributed by atoms with E-state index >= 15 is 0 Å². The summed E-state index contributed by atoms with van der Waals surface area (Å²) in [6.07, 6.45) is 7.06. The molecule has 1 unspecified atom stereocenters. The van der Waals surface area contributed by atoms with Gasteiger partial charge >= 0.3 is 0 Å². The molecular weight excluding hydrogens is 556 g/mol. The topological polar surface area (TPSA) is 141 Å². The Bertz CT molecular complexity index is 1890. The number of piperidine rings is 1. The number of benzene rings is 2. The van der Waals surface area contributed by atoms with Crippen LogP contribution in [0.15, 0.2) is 96.4 Å². The van der Waals surface area contributed by atoms with Gasteiger partial charge in [-0.15, -0.1) is 0 Å². The van der Waals surface area contributed by atoms with Crippen molar-refractivity contribution in [3.05, 3.63) is 113 Å². The zero-order chi connectivity index (χ0) is 29.3. The first-order valence-electron chi connectivity index (χ1n) is 13.4. The first kappa shape index (κ1) is 27.2. The summed E-state index contributed by atoms with van der Waals surface area (Å²) in [5.74, 6) is 0.0555. The highest BCUT2D eigenvalue weighted by molar-refractivity contribution is 7.90. The van der Waals surface area contributed by atoms with E-state index in [2.05, 4.69) is 15.0 Å². The van der Waals surface area contributed by atoms with E-state index in [9.17, 15) is 23.3 Å². The lowest BCUT2D eigenvalue weighted by Gasteiger charge is -2.32. The van der Waals surface area contributed by atoms with E-state index in [0.29, 0.717) is 41.8 Å². The molecule has 6 rings (SSSR count). The predicted molar refractivity (Wildman–Crippen MR) is 155 cm³/mol. The summed E-state index contributed by atoms with van der Waals surface area (Å²) in [7, 11) is -3.78. The Labute approximate surface area is 241 Å². The largest absolute Gasteiger partial charge is 0.338 e. The Morgan fingerprint density at radius 2 is 1.79 bits per heavy atom. The second-order valence-corrected chi connectivity index (χ2v) is 12.0. The van der Waals surface area contributed by atoms with Gasteiger partial charge in [-0.25, -0.2) is 27.3 Å². The number of hydrogen-bond acceptors (Lipinski definition) is 8. The number of carbonyl (C=O) groups excluding carboxylic acids is 1. The predicted octanol–water partition coefficient (Wildman–Crippen LogP) is 4.73. The summed E-state index contributed by atoms with van der Waals surface area (Å²) >= 11 is 0. The third kappa shape index (κ3) is 5.36. The fraction of sp³-hybridized carbons (Fsp3) is 0.200. The number of hydrogen-bond donors (Lipinski definition) is 0. The molecule has 3 aromatic heterocycles. The van der Waals surface area contributed by atoms with Crippen LogP contribution in [0.2, 0.25) is 0 Å². The SMILES string of the molecule is O=C(c1ccc([N+](=O)[O-])cc1)N1CCCC(Cc2cc(-c3cnc4c(ccn4S(=O)(=O)c4ccccc4)c3)ncn2)C1. The number of rotatable bonds is 7. The molecule has 1 atom stereocenters. The number of pyridine rings is 1. The van der Waals surface area contributed by atoms with Gasteiger partial charge in [0.2, 0.25) is 0 Å². The number of nitro benzene ring substituents is 1. The van der Waals surface area contributed by atoms with Gasteiger partial charge in [-0.3, -0.25) is 14.9 Å². The molecule has 212 valence electrons. The van der Waals surface area contributed by atoms with Gasteiger partial charge in [0.1, 0.15) is 6.33 Å². The standard InChI is InChI=1S/C30H26N6O5S/c37-30(22-8-10-26(11-9-22)36(38)39)34-13-4-5-21(19-34)15-25-17-28(33-20-32-25)24-16-23-12-14-35(29(23)31-18-24)42(40,41)27-6-2-1-3-7-27/h1-3,6-12,14,16-18,20-21H,4-5,13,15,19H2. The van der Waals surface area contributed by atoms with Crippen molar-refractivity contribution >= 4 is 32.7 Å². The van der Waals surface area contributed by atoms with Crippen LogP contribution in [0.1, 0.15) is 28.9 Å². The van der Waals surface area contributed by atoms with Crippen LogP contribution in [0.5, 0.6) is 0 Å². The zero-order valence-corrected chi connectivity index (χ0v) is 23.2. The van der Waals surface area contributed by atoms with Crippen LogP contribution in [-0.2, 0) is 16.4 Å².